The summed E-state index contributed by atoms with van der Waals surface area (Å²) in [6.45, 7) is 0.933. The molecule has 8 heteroatoms. The largest absolute Gasteiger partial charge is 0.366 e. The van der Waals surface area contributed by atoms with Crippen molar-refractivity contribution in [1.82, 2.24) is 4.90 Å². The van der Waals surface area contributed by atoms with Crippen LogP contribution in [0.25, 0.3) is 0 Å². The summed E-state index contributed by atoms with van der Waals surface area (Å²) >= 11 is 6.34. The van der Waals surface area contributed by atoms with E-state index in [9.17, 15) is 9.59 Å². The van der Waals surface area contributed by atoms with Crippen LogP contribution in [0.1, 0.15) is 15.2 Å². The molecule has 0 aliphatic rings. The van der Waals surface area contributed by atoms with E-state index in [0.717, 1.165) is 3.79 Å². The average molecular weight is 388 g/mol. The van der Waals surface area contributed by atoms with Crippen LogP contribution in [-0.4, -0.2) is 30.3 Å². The van der Waals surface area contributed by atoms with Gasteiger partial charge in [-0.15, -0.1) is 22.7 Å². The molecular formula is C13H14BrN3O2S2. The first-order chi connectivity index (χ1) is 9.95. The van der Waals surface area contributed by atoms with Crippen molar-refractivity contribution >= 4 is 55.4 Å². The minimum Gasteiger partial charge on any atom is -0.366 e. The van der Waals surface area contributed by atoms with Gasteiger partial charge in [-0.05, 0) is 46.6 Å². The summed E-state index contributed by atoms with van der Waals surface area (Å²) in [4.78, 5) is 26.3. The number of halogens is 1. The van der Waals surface area contributed by atoms with Crippen molar-refractivity contribution in [2.75, 3.05) is 18.9 Å². The van der Waals surface area contributed by atoms with Crippen LogP contribution in [0.3, 0.4) is 0 Å². The molecule has 0 aliphatic heterocycles. The van der Waals surface area contributed by atoms with Crippen molar-refractivity contribution in [2.24, 2.45) is 5.73 Å². The molecule has 2 amide bonds. The van der Waals surface area contributed by atoms with Crippen LogP contribution in [0.15, 0.2) is 27.4 Å². The Hall–Kier alpha value is -1.22. The number of hydrogen-bond acceptors (Lipinski definition) is 5. The Bertz CT molecular complexity index is 653. The van der Waals surface area contributed by atoms with Crippen LogP contribution in [-0.2, 0) is 11.3 Å². The number of anilines is 1. The fraction of sp³-hybridized carbons (Fsp3) is 0.231. The molecule has 2 aromatic rings. The number of nitrogens with zero attached hydrogens (tertiary/aromatic N) is 1. The number of thiophene rings is 2. The van der Waals surface area contributed by atoms with Crippen LogP contribution >= 0.6 is 38.6 Å². The maximum Gasteiger partial charge on any atom is 0.251 e. The Labute approximate surface area is 138 Å². The number of likely N-dealkylation sites (N-methyl/N-ethyl adjacent to an activating group) is 1. The zero-order chi connectivity index (χ0) is 15.4. The minimum absolute atomic E-state index is 0.168. The average Bonchev–Trinajstić information content (AvgIpc) is 2.98. The summed E-state index contributed by atoms with van der Waals surface area (Å²) in [6, 6.07) is 5.61. The molecule has 2 aromatic heterocycles. The Morgan fingerprint density at radius 2 is 2.14 bits per heavy atom. The molecule has 3 N–H and O–H groups in total. The standard InChI is InChI=1S/C13H14BrN3O2S2/c1-17(6-8-2-3-10(14)21-8)7-11(18)16-13-9(12(15)19)4-5-20-13/h2-5H,6-7H2,1H3,(H2,15,19)(H,16,18). The molecule has 0 aromatic carbocycles. The second-order valence-electron chi connectivity index (χ2n) is 4.45. The highest BCUT2D eigenvalue weighted by Crippen LogP contribution is 2.24. The molecule has 0 radical (unpaired) electrons. The number of nitrogens with one attached hydrogen (secondary N) is 1. The normalized spacial score (nSPS) is 10.8. The number of amides is 2. The van der Waals surface area contributed by atoms with E-state index in [1.165, 1.54) is 16.2 Å². The first-order valence-corrected chi connectivity index (χ1v) is 8.54. The molecular weight excluding hydrogens is 374 g/mol. The van der Waals surface area contributed by atoms with Gasteiger partial charge >= 0.3 is 0 Å². The lowest BCUT2D eigenvalue weighted by Crippen LogP contribution is -2.30. The number of rotatable bonds is 6. The summed E-state index contributed by atoms with van der Waals surface area (Å²) in [7, 11) is 1.87. The van der Waals surface area contributed by atoms with Gasteiger partial charge in [-0.25, -0.2) is 0 Å². The third-order valence-electron chi connectivity index (χ3n) is 2.65. The Balaban J connectivity index is 1.89. The fourth-order valence-electron chi connectivity index (χ4n) is 1.77. The lowest BCUT2D eigenvalue weighted by atomic mass is 10.3. The van der Waals surface area contributed by atoms with E-state index in [1.807, 2.05) is 24.1 Å². The van der Waals surface area contributed by atoms with Crippen LogP contribution < -0.4 is 11.1 Å². The molecule has 112 valence electrons. The van der Waals surface area contributed by atoms with Gasteiger partial charge in [0.2, 0.25) is 5.91 Å². The SMILES string of the molecule is CN(CC(=O)Nc1sccc1C(N)=O)Cc1ccc(Br)s1. The van der Waals surface area contributed by atoms with E-state index in [1.54, 1.807) is 22.8 Å². The third kappa shape index (κ3) is 4.63. The van der Waals surface area contributed by atoms with Gasteiger partial charge in [0.15, 0.2) is 0 Å². The maximum atomic E-state index is 12.0. The van der Waals surface area contributed by atoms with Gasteiger partial charge in [0, 0.05) is 11.4 Å². The molecule has 0 atom stereocenters. The number of nitrogens with two attached hydrogens (primary N) is 1. The van der Waals surface area contributed by atoms with E-state index in [-0.39, 0.29) is 12.5 Å². The zero-order valence-electron chi connectivity index (χ0n) is 11.3. The summed E-state index contributed by atoms with van der Waals surface area (Å²) in [5, 5.41) is 4.95. The highest BCUT2D eigenvalue weighted by Gasteiger charge is 2.14. The Morgan fingerprint density at radius 1 is 1.38 bits per heavy atom. The van der Waals surface area contributed by atoms with Crippen LogP contribution in [0, 0.1) is 0 Å². The van der Waals surface area contributed by atoms with Gasteiger partial charge in [-0.1, -0.05) is 0 Å². The molecule has 0 fully saturated rings. The monoisotopic (exact) mass is 387 g/mol. The van der Waals surface area contributed by atoms with Crippen molar-refractivity contribution in [2.45, 2.75) is 6.54 Å². The van der Waals surface area contributed by atoms with Crippen molar-refractivity contribution in [3.05, 3.63) is 37.8 Å². The van der Waals surface area contributed by atoms with Crippen molar-refractivity contribution in [3.63, 3.8) is 0 Å². The summed E-state index contributed by atoms with van der Waals surface area (Å²) in [5.74, 6) is -0.707. The quantitative estimate of drug-likeness (QED) is 0.799. The Kier molecular flexibility index (Phi) is 5.51. The minimum atomic E-state index is -0.539. The van der Waals surface area contributed by atoms with E-state index >= 15 is 0 Å². The Morgan fingerprint density at radius 3 is 2.76 bits per heavy atom. The lowest BCUT2D eigenvalue weighted by Gasteiger charge is -2.15. The van der Waals surface area contributed by atoms with Crippen molar-refractivity contribution in [3.8, 4) is 0 Å². The van der Waals surface area contributed by atoms with Crippen LogP contribution in [0.2, 0.25) is 0 Å². The van der Waals surface area contributed by atoms with E-state index in [0.29, 0.717) is 17.1 Å². The molecule has 2 rings (SSSR count). The molecule has 0 bridgehead atoms. The molecule has 5 nitrogen and oxygen atoms in total. The topological polar surface area (TPSA) is 75.4 Å². The van der Waals surface area contributed by atoms with Gasteiger partial charge in [0.25, 0.3) is 5.91 Å². The zero-order valence-corrected chi connectivity index (χ0v) is 14.5. The van der Waals surface area contributed by atoms with Gasteiger partial charge in [0.1, 0.15) is 5.00 Å². The molecule has 0 saturated carbocycles. The van der Waals surface area contributed by atoms with E-state index in [4.69, 9.17) is 5.73 Å². The summed E-state index contributed by atoms with van der Waals surface area (Å²) < 4.78 is 1.07. The van der Waals surface area contributed by atoms with Gasteiger partial charge in [0.05, 0.1) is 15.9 Å². The van der Waals surface area contributed by atoms with Gasteiger partial charge in [-0.3, -0.25) is 14.5 Å². The van der Waals surface area contributed by atoms with Crippen molar-refractivity contribution < 1.29 is 9.59 Å². The molecule has 0 saturated heterocycles. The fourth-order valence-corrected chi connectivity index (χ4v) is 4.14. The van der Waals surface area contributed by atoms with E-state index < -0.39 is 5.91 Å². The molecule has 2 heterocycles. The number of hydrogen-bond donors (Lipinski definition) is 2. The summed E-state index contributed by atoms with van der Waals surface area (Å²) in [5.41, 5.74) is 5.59. The number of primary amides is 1. The first-order valence-electron chi connectivity index (χ1n) is 6.05. The van der Waals surface area contributed by atoms with Crippen LogP contribution in [0.4, 0.5) is 5.00 Å². The molecule has 0 aliphatic carbocycles. The van der Waals surface area contributed by atoms with Crippen LogP contribution in [0.5, 0.6) is 0 Å². The number of carbonyl (C=O) groups excluding carboxylic acids is 2. The first kappa shape index (κ1) is 16.2. The van der Waals surface area contributed by atoms with Gasteiger partial charge < -0.3 is 11.1 Å². The molecule has 0 spiro atoms. The third-order valence-corrected chi connectivity index (χ3v) is 5.09. The molecule has 0 unspecified atom stereocenters. The highest BCUT2D eigenvalue weighted by molar-refractivity contribution is 9.11. The smallest absolute Gasteiger partial charge is 0.251 e. The van der Waals surface area contributed by atoms with Gasteiger partial charge in [-0.2, -0.15) is 0 Å². The highest BCUT2D eigenvalue weighted by atomic mass is 79.9. The van der Waals surface area contributed by atoms with E-state index in [2.05, 4.69) is 21.2 Å². The predicted octanol–water partition coefficient (Wildman–Crippen LogP) is 2.74. The second kappa shape index (κ2) is 7.17. The molecule has 21 heavy (non-hydrogen) atoms. The van der Waals surface area contributed by atoms with Crippen molar-refractivity contribution in [1.29, 1.82) is 0 Å². The number of carbonyl (C=O) groups is 2. The second-order valence-corrected chi connectivity index (χ2v) is 7.92. The predicted molar refractivity (Wildman–Crippen MR) is 89.8 cm³/mol. The summed E-state index contributed by atoms with van der Waals surface area (Å²) in [6.07, 6.45) is 0. The maximum absolute atomic E-state index is 12.0. The lowest BCUT2D eigenvalue weighted by molar-refractivity contribution is -0.117.